The van der Waals surface area contributed by atoms with Crippen LogP contribution in [0.15, 0.2) is 41.5 Å². The molecular formula is C21H22N4O3. The summed E-state index contributed by atoms with van der Waals surface area (Å²) in [6.07, 6.45) is 0. The Balaban J connectivity index is 1.52. The van der Waals surface area contributed by atoms with Crippen molar-refractivity contribution >= 4 is 22.7 Å². The van der Waals surface area contributed by atoms with Crippen LogP contribution < -0.4 is 14.9 Å². The van der Waals surface area contributed by atoms with Gasteiger partial charge >= 0.3 is 0 Å². The first-order valence-corrected chi connectivity index (χ1v) is 9.28. The Bertz CT molecular complexity index is 1080. The fourth-order valence-corrected chi connectivity index (χ4v) is 3.32. The molecule has 2 aromatic carbocycles. The van der Waals surface area contributed by atoms with E-state index in [1.807, 2.05) is 38.1 Å². The third-order valence-electron chi connectivity index (χ3n) is 4.80. The highest BCUT2D eigenvalue weighted by atomic mass is 16.6. The molecule has 1 aliphatic heterocycles. The molecule has 1 aliphatic rings. The van der Waals surface area contributed by atoms with Crippen LogP contribution in [0.4, 0.5) is 0 Å². The van der Waals surface area contributed by atoms with Crippen molar-refractivity contribution in [2.24, 2.45) is 5.10 Å². The van der Waals surface area contributed by atoms with Crippen LogP contribution >= 0.6 is 0 Å². The van der Waals surface area contributed by atoms with Gasteiger partial charge in [-0.3, -0.25) is 4.79 Å². The van der Waals surface area contributed by atoms with Crippen LogP contribution in [0.3, 0.4) is 0 Å². The second kappa shape index (κ2) is 7.34. The van der Waals surface area contributed by atoms with Gasteiger partial charge in [-0.25, -0.2) is 10.4 Å². The first-order chi connectivity index (χ1) is 13.6. The Morgan fingerprint density at radius 1 is 1.14 bits per heavy atom. The van der Waals surface area contributed by atoms with Crippen molar-refractivity contribution in [1.29, 1.82) is 0 Å². The van der Waals surface area contributed by atoms with Gasteiger partial charge in [-0.15, -0.1) is 0 Å². The number of hydrogen-bond donors (Lipinski definition) is 1. The minimum Gasteiger partial charge on any atom is -0.486 e. The third kappa shape index (κ3) is 3.31. The molecule has 0 spiro atoms. The van der Waals surface area contributed by atoms with Crippen molar-refractivity contribution in [1.82, 2.24) is 15.0 Å². The molecule has 2 heterocycles. The molecule has 0 radical (unpaired) electrons. The normalized spacial score (nSPS) is 13.6. The van der Waals surface area contributed by atoms with E-state index in [4.69, 9.17) is 9.47 Å². The predicted octanol–water partition coefficient (Wildman–Crippen LogP) is 3.29. The zero-order valence-electron chi connectivity index (χ0n) is 16.2. The molecule has 7 nitrogen and oxygen atoms in total. The smallest absolute Gasteiger partial charge is 0.271 e. The number of fused-ring (bicyclic) bond motifs is 2. The number of amides is 1. The number of benzene rings is 2. The highest BCUT2D eigenvalue weighted by Gasteiger charge is 2.14. The van der Waals surface area contributed by atoms with Crippen LogP contribution in [-0.2, 0) is 6.54 Å². The van der Waals surface area contributed by atoms with E-state index in [1.165, 1.54) is 0 Å². The lowest BCUT2D eigenvalue weighted by Gasteiger charge is -2.18. The topological polar surface area (TPSA) is 77.7 Å². The molecule has 1 aromatic heterocycles. The zero-order valence-corrected chi connectivity index (χ0v) is 16.2. The van der Waals surface area contributed by atoms with Gasteiger partial charge < -0.3 is 14.0 Å². The fourth-order valence-electron chi connectivity index (χ4n) is 3.32. The molecule has 0 saturated heterocycles. The van der Waals surface area contributed by atoms with Crippen molar-refractivity contribution in [3.63, 3.8) is 0 Å². The number of ether oxygens (including phenoxy) is 2. The number of aromatic nitrogens is 2. The lowest BCUT2D eigenvalue weighted by atomic mass is 10.1. The summed E-state index contributed by atoms with van der Waals surface area (Å²) < 4.78 is 13.2. The molecule has 144 valence electrons. The maximum atomic E-state index is 12.5. The number of hydrazone groups is 1. The molecular weight excluding hydrogens is 356 g/mol. The number of nitrogens with one attached hydrogen (secondary N) is 1. The largest absolute Gasteiger partial charge is 0.486 e. The number of imidazole rings is 1. The lowest BCUT2D eigenvalue weighted by molar-refractivity contribution is 0.0955. The quantitative estimate of drug-likeness (QED) is 0.558. The van der Waals surface area contributed by atoms with Gasteiger partial charge in [-0.1, -0.05) is 0 Å². The van der Waals surface area contributed by atoms with E-state index in [1.54, 1.807) is 12.1 Å². The van der Waals surface area contributed by atoms with E-state index in [-0.39, 0.29) is 5.91 Å². The Hall–Kier alpha value is -3.35. The Morgan fingerprint density at radius 2 is 1.89 bits per heavy atom. The highest BCUT2D eigenvalue weighted by molar-refractivity contribution is 6.02. The van der Waals surface area contributed by atoms with Crippen LogP contribution in [0.1, 0.15) is 35.6 Å². The van der Waals surface area contributed by atoms with E-state index < -0.39 is 0 Å². The molecule has 7 heteroatoms. The molecule has 3 aromatic rings. The number of nitrogens with zero attached hydrogens (tertiary/aromatic N) is 3. The molecule has 0 fully saturated rings. The average molecular weight is 378 g/mol. The van der Waals surface area contributed by atoms with Crippen LogP contribution in [0.25, 0.3) is 11.0 Å². The van der Waals surface area contributed by atoms with Crippen molar-refractivity contribution in [2.45, 2.75) is 27.3 Å². The molecule has 28 heavy (non-hydrogen) atoms. The van der Waals surface area contributed by atoms with Crippen LogP contribution in [-0.4, -0.2) is 34.4 Å². The van der Waals surface area contributed by atoms with Gasteiger partial charge in [-0.2, -0.15) is 5.10 Å². The van der Waals surface area contributed by atoms with Crippen LogP contribution in [0.2, 0.25) is 0 Å². The maximum Gasteiger partial charge on any atom is 0.271 e. The van der Waals surface area contributed by atoms with E-state index in [9.17, 15) is 4.79 Å². The Kier molecular flexibility index (Phi) is 4.73. The maximum absolute atomic E-state index is 12.5. The lowest BCUT2D eigenvalue weighted by Crippen LogP contribution is -2.19. The standard InChI is InChI=1S/C21H22N4O3/c1-4-25-14(3)22-17-11-16(5-7-18(17)25)21(26)24-23-13(2)15-6-8-19-20(12-15)28-10-9-27-19/h5-8,11-12H,4,9-10H2,1-3H3,(H,24,26)/b23-13-. The summed E-state index contributed by atoms with van der Waals surface area (Å²) in [5.74, 6) is 2.07. The van der Waals surface area contributed by atoms with Gasteiger partial charge in [0.1, 0.15) is 19.0 Å². The van der Waals surface area contributed by atoms with Crippen LogP contribution in [0.5, 0.6) is 11.5 Å². The molecule has 0 unspecified atom stereocenters. The molecule has 0 bridgehead atoms. The molecule has 1 amide bonds. The van der Waals surface area contributed by atoms with Gasteiger partial charge in [0.25, 0.3) is 5.91 Å². The number of hydrogen-bond acceptors (Lipinski definition) is 5. The summed E-state index contributed by atoms with van der Waals surface area (Å²) in [6, 6.07) is 11.1. The van der Waals surface area contributed by atoms with Gasteiger partial charge in [0, 0.05) is 17.7 Å². The number of aryl methyl sites for hydroxylation is 2. The van der Waals surface area contributed by atoms with Gasteiger partial charge in [0.2, 0.25) is 0 Å². The fraction of sp³-hybridized carbons (Fsp3) is 0.286. The average Bonchev–Trinajstić information content (AvgIpc) is 3.05. The van der Waals surface area contributed by atoms with Crippen molar-refractivity contribution < 1.29 is 14.3 Å². The van der Waals surface area contributed by atoms with Gasteiger partial charge in [0.15, 0.2) is 11.5 Å². The van der Waals surface area contributed by atoms with Gasteiger partial charge in [0.05, 0.1) is 16.7 Å². The third-order valence-corrected chi connectivity index (χ3v) is 4.80. The predicted molar refractivity (Wildman–Crippen MR) is 107 cm³/mol. The summed E-state index contributed by atoms with van der Waals surface area (Å²) in [6.45, 7) is 7.79. The molecule has 0 aliphatic carbocycles. The highest BCUT2D eigenvalue weighted by Crippen LogP contribution is 2.30. The second-order valence-electron chi connectivity index (χ2n) is 6.60. The SMILES string of the molecule is CCn1c(C)nc2cc(C(=O)N/N=C(/C)c3ccc4c(c3)OCCO4)ccc21. The molecule has 0 atom stereocenters. The number of carbonyl (C=O) groups excluding carboxylic acids is 1. The number of rotatable bonds is 4. The first-order valence-electron chi connectivity index (χ1n) is 9.28. The van der Waals surface area contributed by atoms with E-state index in [0.29, 0.717) is 30.2 Å². The molecule has 1 N–H and O–H groups in total. The van der Waals surface area contributed by atoms with E-state index in [2.05, 4.69) is 27.0 Å². The van der Waals surface area contributed by atoms with Crippen molar-refractivity contribution in [3.8, 4) is 11.5 Å². The second-order valence-corrected chi connectivity index (χ2v) is 6.60. The summed E-state index contributed by atoms with van der Waals surface area (Å²) >= 11 is 0. The summed E-state index contributed by atoms with van der Waals surface area (Å²) in [7, 11) is 0. The molecule has 4 rings (SSSR count). The van der Waals surface area contributed by atoms with Gasteiger partial charge in [-0.05, 0) is 57.2 Å². The minimum atomic E-state index is -0.275. The van der Waals surface area contributed by atoms with Crippen molar-refractivity contribution in [3.05, 3.63) is 53.3 Å². The Morgan fingerprint density at radius 3 is 2.68 bits per heavy atom. The molecule has 0 saturated carbocycles. The van der Waals surface area contributed by atoms with E-state index >= 15 is 0 Å². The monoisotopic (exact) mass is 378 g/mol. The van der Waals surface area contributed by atoms with E-state index in [0.717, 1.165) is 34.7 Å². The van der Waals surface area contributed by atoms with Crippen molar-refractivity contribution in [2.75, 3.05) is 13.2 Å². The Labute approximate surface area is 163 Å². The zero-order chi connectivity index (χ0) is 19.7. The summed E-state index contributed by atoms with van der Waals surface area (Å²) in [5, 5.41) is 4.23. The first kappa shape index (κ1) is 18.0. The van der Waals surface area contributed by atoms with Crippen LogP contribution in [0, 0.1) is 6.92 Å². The minimum absolute atomic E-state index is 0.275. The summed E-state index contributed by atoms with van der Waals surface area (Å²) in [5.41, 5.74) is 6.50. The number of carbonyl (C=O) groups is 1. The summed E-state index contributed by atoms with van der Waals surface area (Å²) in [4.78, 5) is 17.1.